The van der Waals surface area contributed by atoms with Gasteiger partial charge in [0.1, 0.15) is 6.33 Å². The maximum absolute atomic E-state index is 6.09. The SMILES string of the molecule is Clc1cccc(-c2nnc3c4cnn(-c5cccc(Cl)c5)c4ncn23)c1. The lowest BCUT2D eigenvalue weighted by Gasteiger charge is -2.04. The zero-order valence-electron chi connectivity index (χ0n) is 13.2. The van der Waals surface area contributed by atoms with Crippen molar-refractivity contribution in [1.82, 2.24) is 29.4 Å². The fourth-order valence-electron chi connectivity index (χ4n) is 2.94. The molecule has 0 aliphatic carbocycles. The lowest BCUT2D eigenvalue weighted by Crippen LogP contribution is -1.99. The first-order chi connectivity index (χ1) is 12.7. The maximum Gasteiger partial charge on any atom is 0.175 e. The van der Waals surface area contributed by atoms with Gasteiger partial charge in [0, 0.05) is 15.6 Å². The predicted molar refractivity (Wildman–Crippen MR) is 101 cm³/mol. The molecule has 5 aromatic rings. The molecule has 0 saturated heterocycles. The van der Waals surface area contributed by atoms with E-state index in [1.54, 1.807) is 17.2 Å². The van der Waals surface area contributed by atoms with E-state index < -0.39 is 0 Å². The Morgan fingerprint density at radius 2 is 1.65 bits per heavy atom. The minimum absolute atomic E-state index is 0.637. The second kappa shape index (κ2) is 5.79. The fraction of sp³-hybridized carbons (Fsp3) is 0. The summed E-state index contributed by atoms with van der Waals surface area (Å²) >= 11 is 12.2. The van der Waals surface area contributed by atoms with Gasteiger partial charge in [0.15, 0.2) is 17.1 Å². The minimum Gasteiger partial charge on any atom is -0.265 e. The molecule has 3 aromatic heterocycles. The van der Waals surface area contributed by atoms with Crippen LogP contribution < -0.4 is 0 Å². The van der Waals surface area contributed by atoms with Crippen LogP contribution in [0.2, 0.25) is 10.0 Å². The quantitative estimate of drug-likeness (QED) is 0.454. The summed E-state index contributed by atoms with van der Waals surface area (Å²) in [5.41, 5.74) is 3.07. The predicted octanol–water partition coefficient (Wildman–Crippen LogP) is 4.44. The van der Waals surface area contributed by atoms with Gasteiger partial charge in [-0.15, -0.1) is 10.2 Å². The Hall–Kier alpha value is -2.96. The third-order valence-electron chi connectivity index (χ3n) is 4.11. The van der Waals surface area contributed by atoms with E-state index >= 15 is 0 Å². The van der Waals surface area contributed by atoms with Crippen LogP contribution in [-0.4, -0.2) is 29.4 Å². The summed E-state index contributed by atoms with van der Waals surface area (Å²) in [5.74, 6) is 0.674. The molecule has 0 unspecified atom stereocenters. The van der Waals surface area contributed by atoms with Crippen LogP contribution in [-0.2, 0) is 0 Å². The molecule has 0 bridgehead atoms. The van der Waals surface area contributed by atoms with E-state index in [-0.39, 0.29) is 0 Å². The maximum atomic E-state index is 6.09. The number of benzene rings is 2. The molecule has 26 heavy (non-hydrogen) atoms. The molecule has 3 heterocycles. The summed E-state index contributed by atoms with van der Waals surface area (Å²) in [6.45, 7) is 0. The van der Waals surface area contributed by atoms with Gasteiger partial charge in [-0.05, 0) is 30.3 Å². The molecule has 8 heteroatoms. The van der Waals surface area contributed by atoms with Crippen LogP contribution in [0.4, 0.5) is 0 Å². The van der Waals surface area contributed by atoms with Gasteiger partial charge in [0.05, 0.1) is 17.3 Å². The van der Waals surface area contributed by atoms with E-state index in [1.807, 2.05) is 52.9 Å². The normalized spacial score (nSPS) is 11.5. The molecule has 5 rings (SSSR count). The van der Waals surface area contributed by atoms with Crippen molar-refractivity contribution in [3.63, 3.8) is 0 Å². The highest BCUT2D eigenvalue weighted by atomic mass is 35.5. The molecule has 0 atom stereocenters. The molecule has 0 fully saturated rings. The summed E-state index contributed by atoms with van der Waals surface area (Å²) < 4.78 is 3.56. The molecule has 126 valence electrons. The van der Waals surface area contributed by atoms with Crippen LogP contribution in [0.25, 0.3) is 33.8 Å². The molecule has 0 aliphatic rings. The first-order valence-corrected chi connectivity index (χ1v) is 8.56. The molecule has 2 aromatic carbocycles. The van der Waals surface area contributed by atoms with Crippen molar-refractivity contribution in [3.8, 4) is 17.1 Å². The van der Waals surface area contributed by atoms with Gasteiger partial charge in [-0.25, -0.2) is 9.67 Å². The number of aromatic nitrogens is 6. The number of hydrogen-bond acceptors (Lipinski definition) is 4. The third-order valence-corrected chi connectivity index (χ3v) is 4.58. The van der Waals surface area contributed by atoms with Gasteiger partial charge >= 0.3 is 0 Å². The molecule has 0 spiro atoms. The largest absolute Gasteiger partial charge is 0.265 e. The second-order valence-corrected chi connectivity index (χ2v) is 6.62. The van der Waals surface area contributed by atoms with Crippen LogP contribution in [0.3, 0.4) is 0 Å². The van der Waals surface area contributed by atoms with E-state index in [9.17, 15) is 0 Å². The standard InChI is InChI=1S/C18H10Cl2N6/c19-12-4-1-3-11(7-12)16-23-24-18-15-9-22-26(17(15)21-10-25(16)18)14-6-2-5-13(20)8-14/h1-10H. The van der Waals surface area contributed by atoms with Crippen LogP contribution in [0, 0.1) is 0 Å². The van der Waals surface area contributed by atoms with Gasteiger partial charge < -0.3 is 0 Å². The van der Waals surface area contributed by atoms with Gasteiger partial charge in [0.25, 0.3) is 0 Å². The number of hydrogen-bond donors (Lipinski definition) is 0. The molecule has 0 N–H and O–H groups in total. The smallest absolute Gasteiger partial charge is 0.175 e. The lowest BCUT2D eigenvalue weighted by atomic mass is 10.2. The lowest BCUT2D eigenvalue weighted by molar-refractivity contribution is 0.893. The van der Waals surface area contributed by atoms with Gasteiger partial charge in [0.2, 0.25) is 0 Å². The monoisotopic (exact) mass is 380 g/mol. The van der Waals surface area contributed by atoms with E-state index in [0.717, 1.165) is 16.6 Å². The Morgan fingerprint density at radius 3 is 2.46 bits per heavy atom. The molecule has 0 aliphatic heterocycles. The average Bonchev–Trinajstić information content (AvgIpc) is 3.25. The van der Waals surface area contributed by atoms with E-state index in [4.69, 9.17) is 23.2 Å². The Bertz CT molecular complexity index is 1170. The molecular formula is C18H10Cl2N6. The van der Waals surface area contributed by atoms with Crippen molar-refractivity contribution in [2.75, 3.05) is 0 Å². The van der Waals surface area contributed by atoms with Crippen LogP contribution in [0.15, 0.2) is 61.1 Å². The van der Waals surface area contributed by atoms with Crippen LogP contribution in [0.5, 0.6) is 0 Å². The first kappa shape index (κ1) is 15.3. The number of fused-ring (bicyclic) bond motifs is 3. The topological polar surface area (TPSA) is 60.9 Å². The Labute approximate surface area is 157 Å². The van der Waals surface area contributed by atoms with E-state index in [1.165, 1.54) is 0 Å². The molecular weight excluding hydrogens is 371 g/mol. The number of nitrogens with zero attached hydrogens (tertiary/aromatic N) is 6. The summed E-state index contributed by atoms with van der Waals surface area (Å²) in [4.78, 5) is 4.56. The molecule has 0 amide bonds. The van der Waals surface area contributed by atoms with Crippen molar-refractivity contribution in [1.29, 1.82) is 0 Å². The second-order valence-electron chi connectivity index (χ2n) is 5.75. The summed E-state index contributed by atoms with van der Waals surface area (Å²) in [6, 6.07) is 14.9. The Morgan fingerprint density at radius 1 is 0.846 bits per heavy atom. The van der Waals surface area contributed by atoms with E-state index in [2.05, 4.69) is 20.3 Å². The van der Waals surface area contributed by atoms with Gasteiger partial charge in [-0.1, -0.05) is 41.4 Å². The van der Waals surface area contributed by atoms with Crippen molar-refractivity contribution in [2.24, 2.45) is 0 Å². The van der Waals surface area contributed by atoms with Gasteiger partial charge in [-0.3, -0.25) is 4.40 Å². The highest BCUT2D eigenvalue weighted by molar-refractivity contribution is 6.31. The zero-order chi connectivity index (χ0) is 17.7. The average molecular weight is 381 g/mol. The minimum atomic E-state index is 0.637. The Balaban J connectivity index is 1.73. The Kier molecular flexibility index (Phi) is 3.41. The fourth-order valence-corrected chi connectivity index (χ4v) is 3.32. The summed E-state index contributed by atoms with van der Waals surface area (Å²) in [7, 11) is 0. The molecule has 0 saturated carbocycles. The third kappa shape index (κ3) is 2.34. The first-order valence-electron chi connectivity index (χ1n) is 7.80. The van der Waals surface area contributed by atoms with E-state index in [0.29, 0.717) is 27.2 Å². The van der Waals surface area contributed by atoms with Crippen molar-refractivity contribution in [2.45, 2.75) is 0 Å². The molecule has 6 nitrogen and oxygen atoms in total. The van der Waals surface area contributed by atoms with Crippen molar-refractivity contribution >= 4 is 39.9 Å². The van der Waals surface area contributed by atoms with Crippen LogP contribution >= 0.6 is 23.2 Å². The van der Waals surface area contributed by atoms with Gasteiger partial charge in [-0.2, -0.15) is 5.10 Å². The highest BCUT2D eigenvalue weighted by Gasteiger charge is 2.15. The van der Waals surface area contributed by atoms with Crippen molar-refractivity contribution < 1.29 is 0 Å². The summed E-state index contributed by atoms with van der Waals surface area (Å²) in [5, 5.41) is 15.2. The number of halogens is 2. The zero-order valence-corrected chi connectivity index (χ0v) is 14.7. The summed E-state index contributed by atoms with van der Waals surface area (Å²) in [6.07, 6.45) is 3.42. The highest BCUT2D eigenvalue weighted by Crippen LogP contribution is 2.26. The number of rotatable bonds is 2. The molecule has 0 radical (unpaired) electrons. The van der Waals surface area contributed by atoms with Crippen LogP contribution in [0.1, 0.15) is 0 Å². The van der Waals surface area contributed by atoms with Crippen molar-refractivity contribution in [3.05, 3.63) is 71.1 Å².